The van der Waals surface area contributed by atoms with E-state index in [4.69, 9.17) is 4.74 Å². The van der Waals surface area contributed by atoms with Crippen molar-refractivity contribution in [2.75, 3.05) is 6.54 Å². The monoisotopic (exact) mass is 394 g/mol. The van der Waals surface area contributed by atoms with Crippen molar-refractivity contribution in [3.05, 3.63) is 65.7 Å². The Balaban J connectivity index is 1.34. The van der Waals surface area contributed by atoms with E-state index in [1.807, 2.05) is 42.5 Å². The lowest BCUT2D eigenvalue weighted by Crippen LogP contribution is -2.27. The number of carbonyl (C=O) groups excluding carboxylic acids is 2. The van der Waals surface area contributed by atoms with Crippen LogP contribution in [-0.4, -0.2) is 24.5 Å². The number of benzene rings is 2. The van der Waals surface area contributed by atoms with E-state index in [0.717, 1.165) is 24.2 Å². The molecule has 3 rings (SSSR count). The lowest BCUT2D eigenvalue weighted by Gasteiger charge is -2.23. The van der Waals surface area contributed by atoms with Crippen molar-refractivity contribution in [2.45, 2.75) is 57.6 Å². The van der Waals surface area contributed by atoms with E-state index < -0.39 is 0 Å². The SMILES string of the molecule is O=C(CCCNC(=O)c1ccccc1)NCc1cccc(OC2CCCCC2)c1. The molecular weight excluding hydrogens is 364 g/mol. The normalized spacial score (nSPS) is 14.2. The molecule has 2 N–H and O–H groups in total. The van der Waals surface area contributed by atoms with Gasteiger partial charge in [0.05, 0.1) is 6.10 Å². The van der Waals surface area contributed by atoms with Crippen molar-refractivity contribution in [1.82, 2.24) is 10.6 Å². The second-order valence-electron chi connectivity index (χ2n) is 7.53. The maximum atomic E-state index is 12.1. The molecule has 1 saturated carbocycles. The van der Waals surface area contributed by atoms with Gasteiger partial charge in [-0.05, 0) is 61.9 Å². The Morgan fingerprint density at radius 1 is 0.931 bits per heavy atom. The summed E-state index contributed by atoms with van der Waals surface area (Å²) in [6.07, 6.45) is 7.35. The Kier molecular flexibility index (Phi) is 8.11. The fourth-order valence-corrected chi connectivity index (χ4v) is 3.54. The first kappa shape index (κ1) is 20.9. The minimum atomic E-state index is -0.110. The molecule has 0 aliphatic heterocycles. The standard InChI is InChI=1S/C24H30N2O3/c27-23(15-8-16-25-24(28)20-10-3-1-4-11-20)26-18-19-9-7-14-22(17-19)29-21-12-5-2-6-13-21/h1,3-4,7,9-11,14,17,21H,2,5-6,8,12-13,15-16,18H2,(H,25,28)(H,26,27). The van der Waals surface area contributed by atoms with Gasteiger partial charge in [0.25, 0.3) is 5.91 Å². The van der Waals surface area contributed by atoms with E-state index in [2.05, 4.69) is 10.6 Å². The zero-order valence-corrected chi connectivity index (χ0v) is 16.9. The highest BCUT2D eigenvalue weighted by Gasteiger charge is 2.14. The third kappa shape index (κ3) is 7.26. The molecule has 1 aliphatic rings. The van der Waals surface area contributed by atoms with Crippen molar-refractivity contribution in [2.24, 2.45) is 0 Å². The van der Waals surface area contributed by atoms with Crippen LogP contribution in [0, 0.1) is 0 Å². The molecule has 154 valence electrons. The molecule has 0 radical (unpaired) electrons. The van der Waals surface area contributed by atoms with Crippen molar-refractivity contribution in [1.29, 1.82) is 0 Å². The summed E-state index contributed by atoms with van der Waals surface area (Å²) in [5, 5.41) is 5.78. The summed E-state index contributed by atoms with van der Waals surface area (Å²) in [5.74, 6) is 0.755. The lowest BCUT2D eigenvalue weighted by atomic mass is 9.98. The Bertz CT molecular complexity index is 786. The summed E-state index contributed by atoms with van der Waals surface area (Å²) in [7, 11) is 0. The Labute approximate surface area is 172 Å². The molecular formula is C24H30N2O3. The molecule has 0 aromatic heterocycles. The first-order valence-corrected chi connectivity index (χ1v) is 10.6. The van der Waals surface area contributed by atoms with E-state index in [-0.39, 0.29) is 11.8 Å². The molecule has 0 bridgehead atoms. The smallest absolute Gasteiger partial charge is 0.251 e. The highest BCUT2D eigenvalue weighted by atomic mass is 16.5. The quantitative estimate of drug-likeness (QED) is 0.626. The number of nitrogens with one attached hydrogen (secondary N) is 2. The second-order valence-corrected chi connectivity index (χ2v) is 7.53. The Morgan fingerprint density at radius 3 is 2.52 bits per heavy atom. The van der Waals surface area contributed by atoms with Gasteiger partial charge in [-0.1, -0.05) is 36.8 Å². The first-order chi connectivity index (χ1) is 14.2. The van der Waals surface area contributed by atoms with Crippen LogP contribution in [-0.2, 0) is 11.3 Å². The van der Waals surface area contributed by atoms with E-state index in [1.54, 1.807) is 12.1 Å². The zero-order chi connectivity index (χ0) is 20.3. The van der Waals surface area contributed by atoms with Gasteiger partial charge in [-0.15, -0.1) is 0 Å². The molecule has 0 unspecified atom stereocenters. The molecule has 2 aromatic carbocycles. The van der Waals surface area contributed by atoms with Crippen molar-refractivity contribution in [3.63, 3.8) is 0 Å². The molecule has 0 heterocycles. The number of carbonyl (C=O) groups is 2. The van der Waals surface area contributed by atoms with Gasteiger partial charge in [0.1, 0.15) is 5.75 Å². The van der Waals surface area contributed by atoms with Gasteiger partial charge in [-0.3, -0.25) is 9.59 Å². The average Bonchev–Trinajstić information content (AvgIpc) is 2.77. The van der Waals surface area contributed by atoms with Crippen LogP contribution in [0.25, 0.3) is 0 Å². The van der Waals surface area contributed by atoms with Gasteiger partial charge >= 0.3 is 0 Å². The summed E-state index contributed by atoms with van der Waals surface area (Å²) >= 11 is 0. The van der Waals surface area contributed by atoms with Gasteiger partial charge in [-0.2, -0.15) is 0 Å². The number of ether oxygens (including phenoxy) is 1. The maximum Gasteiger partial charge on any atom is 0.251 e. The van der Waals surface area contributed by atoms with Gasteiger partial charge in [0, 0.05) is 25.1 Å². The Morgan fingerprint density at radius 2 is 1.72 bits per heavy atom. The topological polar surface area (TPSA) is 67.4 Å². The van der Waals surface area contributed by atoms with E-state index in [9.17, 15) is 9.59 Å². The largest absolute Gasteiger partial charge is 0.490 e. The highest BCUT2D eigenvalue weighted by Crippen LogP contribution is 2.23. The maximum absolute atomic E-state index is 12.1. The van der Waals surface area contributed by atoms with Crippen LogP contribution < -0.4 is 15.4 Å². The number of hydrogen-bond donors (Lipinski definition) is 2. The van der Waals surface area contributed by atoms with Crippen LogP contribution in [0.3, 0.4) is 0 Å². The molecule has 29 heavy (non-hydrogen) atoms. The summed E-state index contributed by atoms with van der Waals surface area (Å²) in [5.41, 5.74) is 1.66. The summed E-state index contributed by atoms with van der Waals surface area (Å²) < 4.78 is 6.09. The predicted octanol–water partition coefficient (Wildman–Crippen LogP) is 4.22. The van der Waals surface area contributed by atoms with Crippen molar-refractivity contribution >= 4 is 11.8 Å². The van der Waals surface area contributed by atoms with E-state index >= 15 is 0 Å². The van der Waals surface area contributed by atoms with Crippen molar-refractivity contribution in [3.8, 4) is 5.75 Å². The highest BCUT2D eigenvalue weighted by molar-refractivity contribution is 5.94. The third-order valence-electron chi connectivity index (χ3n) is 5.15. The number of rotatable bonds is 9. The van der Waals surface area contributed by atoms with Gasteiger partial charge in [0.15, 0.2) is 0 Å². The fraction of sp³-hybridized carbons (Fsp3) is 0.417. The van der Waals surface area contributed by atoms with Crippen LogP contribution in [0.4, 0.5) is 0 Å². The molecule has 5 nitrogen and oxygen atoms in total. The molecule has 5 heteroatoms. The van der Waals surface area contributed by atoms with Gasteiger partial charge in [0.2, 0.25) is 5.91 Å². The summed E-state index contributed by atoms with van der Waals surface area (Å²) in [6, 6.07) is 17.0. The van der Waals surface area contributed by atoms with Crippen LogP contribution in [0.2, 0.25) is 0 Å². The van der Waals surface area contributed by atoms with Gasteiger partial charge < -0.3 is 15.4 Å². The van der Waals surface area contributed by atoms with Crippen LogP contribution in [0.15, 0.2) is 54.6 Å². The van der Waals surface area contributed by atoms with Crippen LogP contribution >= 0.6 is 0 Å². The molecule has 0 atom stereocenters. The summed E-state index contributed by atoms with van der Waals surface area (Å²) in [4.78, 5) is 24.0. The second kappa shape index (κ2) is 11.2. The molecule has 0 saturated heterocycles. The van der Waals surface area contributed by atoms with Crippen LogP contribution in [0.5, 0.6) is 5.75 Å². The zero-order valence-electron chi connectivity index (χ0n) is 16.9. The first-order valence-electron chi connectivity index (χ1n) is 10.6. The van der Waals surface area contributed by atoms with E-state index in [1.165, 1.54) is 19.3 Å². The minimum Gasteiger partial charge on any atom is -0.490 e. The number of amides is 2. The average molecular weight is 395 g/mol. The lowest BCUT2D eigenvalue weighted by molar-refractivity contribution is -0.121. The predicted molar refractivity (Wildman–Crippen MR) is 114 cm³/mol. The minimum absolute atomic E-state index is 0.0161. The molecule has 0 spiro atoms. The molecule has 1 fully saturated rings. The molecule has 1 aliphatic carbocycles. The fourth-order valence-electron chi connectivity index (χ4n) is 3.54. The molecule has 2 aromatic rings. The van der Waals surface area contributed by atoms with E-state index in [0.29, 0.717) is 37.6 Å². The van der Waals surface area contributed by atoms with Crippen molar-refractivity contribution < 1.29 is 14.3 Å². The Hall–Kier alpha value is -2.82. The summed E-state index contributed by atoms with van der Waals surface area (Å²) in [6.45, 7) is 0.961. The third-order valence-corrected chi connectivity index (χ3v) is 5.15. The van der Waals surface area contributed by atoms with Crippen LogP contribution in [0.1, 0.15) is 60.9 Å². The number of hydrogen-bond acceptors (Lipinski definition) is 3. The van der Waals surface area contributed by atoms with Gasteiger partial charge in [-0.25, -0.2) is 0 Å². The molecule has 2 amide bonds.